The number of hydrogen-bond donors (Lipinski definition) is 0. The quantitative estimate of drug-likeness (QED) is 0.508. The van der Waals surface area contributed by atoms with Crippen LogP contribution < -0.4 is 0 Å². The van der Waals surface area contributed by atoms with Crippen molar-refractivity contribution in [2.75, 3.05) is 0 Å². The zero-order valence-electron chi connectivity index (χ0n) is 6.91. The van der Waals surface area contributed by atoms with E-state index in [4.69, 9.17) is 0 Å². The number of benzene rings is 1. The molecule has 1 rings (SSSR count). The Labute approximate surface area is 71.2 Å². The van der Waals surface area contributed by atoms with E-state index >= 15 is 0 Å². The summed E-state index contributed by atoms with van der Waals surface area (Å²) in [5, 5.41) is 10.5. The molecule has 0 aliphatic carbocycles. The first-order valence-electron chi connectivity index (χ1n) is 3.89. The monoisotopic (exact) mass is 164 g/mol. The summed E-state index contributed by atoms with van der Waals surface area (Å²) in [5.41, 5.74) is 0.879. The van der Waals surface area contributed by atoms with Gasteiger partial charge in [-0.25, -0.2) is 0 Å². The molecule has 0 aliphatic heterocycles. The summed E-state index contributed by atoms with van der Waals surface area (Å²) in [6.07, 6.45) is 1.66. The fourth-order valence-electron chi connectivity index (χ4n) is 1.10. The van der Waals surface area contributed by atoms with Gasteiger partial charge in [-0.05, 0) is 12.5 Å². The van der Waals surface area contributed by atoms with Crippen molar-refractivity contribution < 1.29 is 4.92 Å². The van der Waals surface area contributed by atoms with E-state index in [0.717, 1.165) is 18.4 Å². The third-order valence-corrected chi connectivity index (χ3v) is 1.62. The zero-order valence-corrected chi connectivity index (χ0v) is 6.91. The Bertz CT molecular complexity index is 284. The van der Waals surface area contributed by atoms with E-state index < -0.39 is 0 Å². The van der Waals surface area contributed by atoms with Crippen molar-refractivity contribution in [3.63, 3.8) is 0 Å². The van der Waals surface area contributed by atoms with Crippen molar-refractivity contribution in [3.8, 4) is 0 Å². The molecule has 63 valence electrons. The minimum atomic E-state index is -0.384. The van der Waals surface area contributed by atoms with E-state index in [9.17, 15) is 10.1 Å². The van der Waals surface area contributed by atoms with Crippen LogP contribution in [0.25, 0.3) is 0 Å². The number of hydrogen-bond acceptors (Lipinski definition) is 2. The Morgan fingerprint density at radius 3 is 3.00 bits per heavy atom. The second-order valence-corrected chi connectivity index (χ2v) is 2.55. The van der Waals surface area contributed by atoms with Crippen molar-refractivity contribution in [1.29, 1.82) is 0 Å². The maximum absolute atomic E-state index is 10.5. The maximum atomic E-state index is 10.5. The molecule has 1 aromatic carbocycles. The largest absolute Gasteiger partial charge is 0.280 e. The first-order chi connectivity index (χ1) is 5.75. The predicted molar refractivity (Wildman–Crippen MR) is 45.9 cm³/mol. The second-order valence-electron chi connectivity index (χ2n) is 2.55. The van der Waals surface area contributed by atoms with Crippen molar-refractivity contribution in [3.05, 3.63) is 39.9 Å². The lowest BCUT2D eigenvalue weighted by atomic mass is 10.1. The van der Waals surface area contributed by atoms with Crippen LogP contribution in [0.3, 0.4) is 0 Å². The second kappa shape index (κ2) is 3.85. The maximum Gasteiger partial charge on any atom is 0.280 e. The number of rotatable bonds is 3. The highest BCUT2D eigenvalue weighted by Crippen LogP contribution is 2.17. The predicted octanol–water partition coefficient (Wildman–Crippen LogP) is 2.35. The third kappa shape index (κ3) is 1.81. The molecule has 0 heterocycles. The average molecular weight is 164 g/mol. The van der Waals surface area contributed by atoms with Crippen molar-refractivity contribution in [2.24, 2.45) is 0 Å². The summed E-state index contributed by atoms with van der Waals surface area (Å²) in [6.45, 7) is 2.00. The van der Waals surface area contributed by atoms with Gasteiger partial charge in [-0.2, -0.15) is 0 Å². The van der Waals surface area contributed by atoms with Gasteiger partial charge in [0, 0.05) is 5.56 Å². The van der Waals surface area contributed by atoms with Crippen LogP contribution >= 0.6 is 0 Å². The third-order valence-electron chi connectivity index (χ3n) is 1.62. The van der Waals surface area contributed by atoms with E-state index in [2.05, 4.69) is 6.07 Å². The molecule has 0 N–H and O–H groups in total. The molecule has 0 saturated carbocycles. The van der Waals surface area contributed by atoms with Gasteiger partial charge in [-0.15, -0.1) is 0 Å². The van der Waals surface area contributed by atoms with Crippen LogP contribution in [0.1, 0.15) is 18.9 Å². The molecular formula is C9H10NO2. The minimum Gasteiger partial charge on any atom is -0.258 e. The van der Waals surface area contributed by atoms with Crippen LogP contribution in [0.5, 0.6) is 0 Å². The SMILES string of the molecule is CCCc1ccc[c]c1[N+](=O)[O-]. The highest BCUT2D eigenvalue weighted by atomic mass is 16.6. The normalized spacial score (nSPS) is 9.75. The Morgan fingerprint density at radius 1 is 1.67 bits per heavy atom. The fraction of sp³-hybridized carbons (Fsp3) is 0.333. The van der Waals surface area contributed by atoms with Gasteiger partial charge in [0.25, 0.3) is 5.69 Å². The molecule has 0 saturated heterocycles. The van der Waals surface area contributed by atoms with E-state index in [0.29, 0.717) is 0 Å². The smallest absolute Gasteiger partial charge is 0.258 e. The molecule has 0 bridgehead atoms. The lowest BCUT2D eigenvalue weighted by Crippen LogP contribution is -1.94. The average Bonchev–Trinajstić information content (AvgIpc) is 2.05. The zero-order chi connectivity index (χ0) is 8.97. The molecule has 0 amide bonds. The van der Waals surface area contributed by atoms with Crippen LogP contribution in [0.2, 0.25) is 0 Å². The van der Waals surface area contributed by atoms with Crippen LogP contribution in [-0.4, -0.2) is 4.92 Å². The topological polar surface area (TPSA) is 43.1 Å². The number of nitro benzene ring substituents is 1. The summed E-state index contributed by atoms with van der Waals surface area (Å²) in [6, 6.07) is 7.74. The minimum absolute atomic E-state index is 0.111. The van der Waals surface area contributed by atoms with E-state index in [1.165, 1.54) is 0 Å². The van der Waals surface area contributed by atoms with Crippen molar-refractivity contribution in [2.45, 2.75) is 19.8 Å². The molecule has 0 atom stereocenters. The fourth-order valence-corrected chi connectivity index (χ4v) is 1.10. The molecule has 0 aromatic heterocycles. The van der Waals surface area contributed by atoms with Gasteiger partial charge >= 0.3 is 0 Å². The summed E-state index contributed by atoms with van der Waals surface area (Å²) in [5.74, 6) is 0. The highest BCUT2D eigenvalue weighted by Gasteiger charge is 2.10. The molecule has 0 unspecified atom stereocenters. The molecule has 0 fully saturated rings. The Morgan fingerprint density at radius 2 is 2.42 bits per heavy atom. The number of nitrogens with zero attached hydrogens (tertiary/aromatic N) is 1. The van der Waals surface area contributed by atoms with Gasteiger partial charge in [-0.1, -0.05) is 25.5 Å². The Balaban J connectivity index is 3.00. The van der Waals surface area contributed by atoms with Gasteiger partial charge in [0.2, 0.25) is 0 Å². The van der Waals surface area contributed by atoms with E-state index in [-0.39, 0.29) is 10.6 Å². The highest BCUT2D eigenvalue weighted by molar-refractivity contribution is 5.38. The molecule has 3 heteroatoms. The Kier molecular flexibility index (Phi) is 2.80. The molecular weight excluding hydrogens is 154 g/mol. The van der Waals surface area contributed by atoms with Gasteiger partial charge < -0.3 is 0 Å². The molecule has 0 spiro atoms. The van der Waals surface area contributed by atoms with Crippen LogP contribution in [0.4, 0.5) is 5.69 Å². The standard InChI is InChI=1S/C9H10NO2/c1-2-5-8-6-3-4-7-9(8)10(11)12/h3-4,6H,2,5H2,1H3. The van der Waals surface area contributed by atoms with E-state index in [1.54, 1.807) is 18.2 Å². The molecule has 0 aliphatic rings. The van der Waals surface area contributed by atoms with Gasteiger partial charge in [0.15, 0.2) is 0 Å². The van der Waals surface area contributed by atoms with Crippen LogP contribution in [0.15, 0.2) is 18.2 Å². The van der Waals surface area contributed by atoms with Crippen molar-refractivity contribution in [1.82, 2.24) is 0 Å². The summed E-state index contributed by atoms with van der Waals surface area (Å²) in [7, 11) is 0. The lowest BCUT2D eigenvalue weighted by Gasteiger charge is -1.98. The van der Waals surface area contributed by atoms with Crippen LogP contribution in [-0.2, 0) is 6.42 Å². The first kappa shape index (κ1) is 8.71. The molecule has 12 heavy (non-hydrogen) atoms. The summed E-state index contributed by atoms with van der Waals surface area (Å²) < 4.78 is 0. The number of aryl methyl sites for hydroxylation is 1. The molecule has 1 radical (unpaired) electrons. The van der Waals surface area contributed by atoms with Gasteiger partial charge in [0.05, 0.1) is 11.0 Å². The van der Waals surface area contributed by atoms with Crippen molar-refractivity contribution >= 4 is 5.69 Å². The number of para-hydroxylation sites is 1. The first-order valence-corrected chi connectivity index (χ1v) is 3.89. The lowest BCUT2D eigenvalue weighted by molar-refractivity contribution is -0.385. The van der Waals surface area contributed by atoms with Gasteiger partial charge in [-0.3, -0.25) is 10.1 Å². The molecule has 3 nitrogen and oxygen atoms in total. The van der Waals surface area contributed by atoms with Crippen LogP contribution in [0, 0.1) is 16.2 Å². The Hall–Kier alpha value is -1.38. The summed E-state index contributed by atoms with van der Waals surface area (Å²) in [4.78, 5) is 10.1. The van der Waals surface area contributed by atoms with E-state index in [1.807, 2.05) is 6.92 Å². The summed E-state index contributed by atoms with van der Waals surface area (Å²) >= 11 is 0. The number of nitro groups is 1. The van der Waals surface area contributed by atoms with Gasteiger partial charge in [0.1, 0.15) is 0 Å². The molecule has 1 aromatic rings.